The van der Waals surface area contributed by atoms with Crippen molar-refractivity contribution in [3.05, 3.63) is 28.3 Å². The molecular weight excluding hydrogens is 256 g/mol. The summed E-state index contributed by atoms with van der Waals surface area (Å²) in [6.45, 7) is 2.25. The number of rotatable bonds is 5. The van der Waals surface area contributed by atoms with Crippen LogP contribution < -0.4 is 10.1 Å². The SMILES string of the molecule is CCC1CCC(Nc2ccc([N+](=O)[O-])c(OC)c2)CC1. The first-order chi connectivity index (χ1) is 9.63. The Morgan fingerprint density at radius 1 is 1.35 bits per heavy atom. The van der Waals surface area contributed by atoms with Crippen LogP contribution in [-0.2, 0) is 0 Å². The second-order valence-corrected chi connectivity index (χ2v) is 5.41. The number of nitro benzene ring substituents is 1. The van der Waals surface area contributed by atoms with Crippen molar-refractivity contribution in [1.29, 1.82) is 0 Å². The Hall–Kier alpha value is -1.78. The predicted molar refractivity (Wildman–Crippen MR) is 79.3 cm³/mol. The predicted octanol–water partition coefficient (Wildman–Crippen LogP) is 3.98. The standard InChI is InChI=1S/C15H22N2O3/c1-3-11-4-6-12(7-5-11)16-13-8-9-14(17(18)19)15(10-13)20-2/h8-12,16H,3-7H2,1-2H3. The number of methoxy groups -OCH3 is 1. The second kappa shape index (κ2) is 6.59. The molecule has 20 heavy (non-hydrogen) atoms. The van der Waals surface area contributed by atoms with Crippen molar-refractivity contribution in [2.75, 3.05) is 12.4 Å². The van der Waals surface area contributed by atoms with Crippen LogP contribution in [0.15, 0.2) is 18.2 Å². The van der Waals surface area contributed by atoms with Crippen LogP contribution in [0, 0.1) is 16.0 Å². The molecule has 1 fully saturated rings. The van der Waals surface area contributed by atoms with Gasteiger partial charge in [0.25, 0.3) is 0 Å². The largest absolute Gasteiger partial charge is 0.490 e. The van der Waals surface area contributed by atoms with Crippen molar-refractivity contribution in [3.63, 3.8) is 0 Å². The van der Waals surface area contributed by atoms with Crippen molar-refractivity contribution < 1.29 is 9.66 Å². The van der Waals surface area contributed by atoms with E-state index in [2.05, 4.69) is 12.2 Å². The van der Waals surface area contributed by atoms with E-state index in [1.807, 2.05) is 0 Å². The normalized spacial score (nSPS) is 22.3. The lowest BCUT2D eigenvalue weighted by Gasteiger charge is -2.29. The number of benzene rings is 1. The molecule has 0 radical (unpaired) electrons. The van der Waals surface area contributed by atoms with Gasteiger partial charge in [0.15, 0.2) is 5.75 Å². The topological polar surface area (TPSA) is 64.4 Å². The van der Waals surface area contributed by atoms with Crippen LogP contribution in [0.5, 0.6) is 5.75 Å². The monoisotopic (exact) mass is 278 g/mol. The van der Waals surface area contributed by atoms with Gasteiger partial charge < -0.3 is 10.1 Å². The minimum atomic E-state index is -0.422. The number of ether oxygens (including phenoxy) is 1. The molecule has 0 saturated heterocycles. The van der Waals surface area contributed by atoms with Crippen molar-refractivity contribution >= 4 is 11.4 Å². The van der Waals surface area contributed by atoms with Crippen LogP contribution in [0.25, 0.3) is 0 Å². The zero-order chi connectivity index (χ0) is 14.5. The lowest BCUT2D eigenvalue weighted by Crippen LogP contribution is -2.25. The fourth-order valence-electron chi connectivity index (χ4n) is 2.87. The minimum Gasteiger partial charge on any atom is -0.490 e. The molecule has 5 heteroatoms. The molecular formula is C15H22N2O3. The van der Waals surface area contributed by atoms with Crippen LogP contribution in [0.3, 0.4) is 0 Å². The zero-order valence-electron chi connectivity index (χ0n) is 12.1. The molecule has 0 bridgehead atoms. The average Bonchev–Trinajstić information content (AvgIpc) is 2.47. The van der Waals surface area contributed by atoms with E-state index in [1.165, 1.54) is 32.4 Å². The Morgan fingerprint density at radius 2 is 2.05 bits per heavy atom. The summed E-state index contributed by atoms with van der Waals surface area (Å²) in [5, 5.41) is 14.3. The van der Waals surface area contributed by atoms with Gasteiger partial charge in [-0.2, -0.15) is 0 Å². The summed E-state index contributed by atoms with van der Waals surface area (Å²) in [6.07, 6.45) is 6.12. The van der Waals surface area contributed by atoms with Gasteiger partial charge >= 0.3 is 5.69 Å². The minimum absolute atomic E-state index is 0.00717. The molecule has 2 rings (SSSR count). The highest BCUT2D eigenvalue weighted by Gasteiger charge is 2.21. The number of anilines is 1. The van der Waals surface area contributed by atoms with Gasteiger partial charge in [-0.3, -0.25) is 10.1 Å². The number of nitro groups is 1. The van der Waals surface area contributed by atoms with Crippen LogP contribution in [0.1, 0.15) is 39.0 Å². The van der Waals surface area contributed by atoms with E-state index in [-0.39, 0.29) is 5.69 Å². The van der Waals surface area contributed by atoms with Gasteiger partial charge in [0.05, 0.1) is 12.0 Å². The second-order valence-electron chi connectivity index (χ2n) is 5.41. The molecule has 0 amide bonds. The first-order valence-electron chi connectivity index (χ1n) is 7.23. The molecule has 1 aliphatic rings. The van der Waals surface area contributed by atoms with Crippen LogP contribution >= 0.6 is 0 Å². The number of hydrogen-bond acceptors (Lipinski definition) is 4. The van der Waals surface area contributed by atoms with Crippen LogP contribution in [0.4, 0.5) is 11.4 Å². The molecule has 1 N–H and O–H groups in total. The van der Waals surface area contributed by atoms with Crippen molar-refractivity contribution in [2.45, 2.75) is 45.1 Å². The maximum Gasteiger partial charge on any atom is 0.311 e. The highest BCUT2D eigenvalue weighted by molar-refractivity contribution is 5.58. The highest BCUT2D eigenvalue weighted by Crippen LogP contribution is 2.32. The summed E-state index contributed by atoms with van der Waals surface area (Å²) in [5.74, 6) is 1.17. The highest BCUT2D eigenvalue weighted by atomic mass is 16.6. The smallest absolute Gasteiger partial charge is 0.311 e. The Morgan fingerprint density at radius 3 is 2.60 bits per heavy atom. The maximum atomic E-state index is 10.9. The van der Waals surface area contributed by atoms with Gasteiger partial charge in [-0.15, -0.1) is 0 Å². The van der Waals surface area contributed by atoms with Crippen molar-refractivity contribution in [3.8, 4) is 5.75 Å². The Bertz CT molecular complexity index is 468. The molecule has 0 aliphatic heterocycles. The summed E-state index contributed by atoms with van der Waals surface area (Å²) < 4.78 is 5.09. The lowest BCUT2D eigenvalue weighted by molar-refractivity contribution is -0.385. The molecule has 0 aromatic heterocycles. The van der Waals surface area contributed by atoms with E-state index in [4.69, 9.17) is 4.74 Å². The maximum absolute atomic E-state index is 10.9. The van der Waals surface area contributed by atoms with Crippen LogP contribution in [-0.4, -0.2) is 18.1 Å². The molecule has 1 aliphatic carbocycles. The number of nitrogens with zero attached hydrogens (tertiary/aromatic N) is 1. The van der Waals surface area contributed by atoms with Gasteiger partial charge in [0.2, 0.25) is 0 Å². The van der Waals surface area contributed by atoms with Gasteiger partial charge in [-0.05, 0) is 37.7 Å². The molecule has 5 nitrogen and oxygen atoms in total. The van der Waals surface area contributed by atoms with E-state index in [9.17, 15) is 10.1 Å². The molecule has 1 aromatic rings. The molecule has 0 heterocycles. The molecule has 1 aromatic carbocycles. The number of nitrogens with one attached hydrogen (secondary N) is 1. The quantitative estimate of drug-likeness (QED) is 0.653. The average molecular weight is 278 g/mol. The Labute approximate surface area is 119 Å². The van der Waals surface area contributed by atoms with E-state index >= 15 is 0 Å². The fraction of sp³-hybridized carbons (Fsp3) is 0.600. The summed E-state index contributed by atoms with van der Waals surface area (Å²) in [5.41, 5.74) is 0.903. The fourth-order valence-corrected chi connectivity index (χ4v) is 2.87. The van der Waals surface area contributed by atoms with E-state index in [1.54, 1.807) is 12.1 Å². The molecule has 1 saturated carbocycles. The molecule has 110 valence electrons. The lowest BCUT2D eigenvalue weighted by atomic mass is 9.84. The van der Waals surface area contributed by atoms with Crippen molar-refractivity contribution in [2.24, 2.45) is 5.92 Å². The van der Waals surface area contributed by atoms with E-state index in [0.717, 1.165) is 24.4 Å². The number of hydrogen-bond donors (Lipinski definition) is 1. The van der Waals surface area contributed by atoms with Gasteiger partial charge in [0, 0.05) is 23.9 Å². The summed E-state index contributed by atoms with van der Waals surface area (Å²) in [7, 11) is 1.46. The summed E-state index contributed by atoms with van der Waals surface area (Å²) in [6, 6.07) is 5.43. The Kier molecular flexibility index (Phi) is 4.82. The van der Waals surface area contributed by atoms with E-state index in [0.29, 0.717) is 11.8 Å². The first-order valence-corrected chi connectivity index (χ1v) is 7.23. The summed E-state index contributed by atoms with van der Waals surface area (Å²) in [4.78, 5) is 10.4. The molecule has 0 atom stereocenters. The van der Waals surface area contributed by atoms with Crippen LogP contribution in [0.2, 0.25) is 0 Å². The van der Waals surface area contributed by atoms with Gasteiger partial charge in [0.1, 0.15) is 0 Å². The van der Waals surface area contributed by atoms with Gasteiger partial charge in [-0.25, -0.2) is 0 Å². The third-order valence-corrected chi connectivity index (χ3v) is 4.17. The summed E-state index contributed by atoms with van der Waals surface area (Å²) >= 11 is 0. The third-order valence-electron chi connectivity index (χ3n) is 4.17. The third kappa shape index (κ3) is 3.40. The zero-order valence-corrected chi connectivity index (χ0v) is 12.1. The molecule has 0 spiro atoms. The Balaban J connectivity index is 2.01. The van der Waals surface area contributed by atoms with Crippen molar-refractivity contribution in [1.82, 2.24) is 0 Å². The van der Waals surface area contributed by atoms with E-state index < -0.39 is 4.92 Å². The first kappa shape index (κ1) is 14.6. The van der Waals surface area contributed by atoms with Gasteiger partial charge in [-0.1, -0.05) is 13.3 Å². The molecule has 0 unspecified atom stereocenters.